The lowest BCUT2D eigenvalue weighted by atomic mass is 10.0. The van der Waals surface area contributed by atoms with Crippen molar-refractivity contribution in [1.29, 1.82) is 0 Å². The Hall–Kier alpha value is -2.36. The van der Waals surface area contributed by atoms with E-state index in [9.17, 15) is 4.79 Å². The third-order valence-electron chi connectivity index (χ3n) is 4.36. The molecule has 0 aromatic heterocycles. The van der Waals surface area contributed by atoms with Crippen molar-refractivity contribution in [1.82, 2.24) is 5.43 Å². The molecule has 120 valence electrons. The highest BCUT2D eigenvalue weighted by Crippen LogP contribution is 2.25. The predicted octanol–water partition coefficient (Wildman–Crippen LogP) is 3.90. The molecule has 3 rings (SSSR count). The fraction of sp³-hybridized carbons (Fsp3) is 0.368. The van der Waals surface area contributed by atoms with Crippen LogP contribution in [0.5, 0.6) is 5.75 Å². The van der Waals surface area contributed by atoms with Gasteiger partial charge in [0.15, 0.2) is 6.61 Å². The lowest BCUT2D eigenvalue weighted by molar-refractivity contribution is -0.123. The third kappa shape index (κ3) is 3.89. The Morgan fingerprint density at radius 3 is 2.91 bits per heavy atom. The molecule has 2 aromatic carbocycles. The van der Waals surface area contributed by atoms with E-state index < -0.39 is 0 Å². The SMILES string of the molecule is CCC1CCCC1=NNC(=O)COc1ccc2ccccc2c1. The summed E-state index contributed by atoms with van der Waals surface area (Å²) >= 11 is 0. The molecule has 1 aliphatic carbocycles. The maximum absolute atomic E-state index is 11.9. The summed E-state index contributed by atoms with van der Waals surface area (Å²) in [6.45, 7) is 2.14. The fourth-order valence-electron chi connectivity index (χ4n) is 3.06. The van der Waals surface area contributed by atoms with Crippen LogP contribution in [0.25, 0.3) is 10.8 Å². The van der Waals surface area contributed by atoms with Crippen LogP contribution in [0.4, 0.5) is 0 Å². The number of hydrogen-bond donors (Lipinski definition) is 1. The molecule has 0 bridgehead atoms. The summed E-state index contributed by atoms with van der Waals surface area (Å²) in [5.41, 5.74) is 3.74. The van der Waals surface area contributed by atoms with Crippen molar-refractivity contribution < 1.29 is 9.53 Å². The predicted molar refractivity (Wildman–Crippen MR) is 92.7 cm³/mol. The Balaban J connectivity index is 1.54. The van der Waals surface area contributed by atoms with Gasteiger partial charge in [-0.2, -0.15) is 5.10 Å². The van der Waals surface area contributed by atoms with E-state index in [0.717, 1.165) is 29.3 Å². The average molecular weight is 310 g/mol. The quantitative estimate of drug-likeness (QED) is 0.852. The molecular weight excluding hydrogens is 288 g/mol. The molecule has 1 fully saturated rings. The third-order valence-corrected chi connectivity index (χ3v) is 4.36. The van der Waals surface area contributed by atoms with Crippen molar-refractivity contribution in [2.75, 3.05) is 6.61 Å². The minimum absolute atomic E-state index is 0.0219. The minimum Gasteiger partial charge on any atom is -0.484 e. The number of carbonyl (C=O) groups is 1. The van der Waals surface area contributed by atoms with Crippen LogP contribution in [0.15, 0.2) is 47.6 Å². The van der Waals surface area contributed by atoms with Crippen molar-refractivity contribution in [2.45, 2.75) is 32.6 Å². The lowest BCUT2D eigenvalue weighted by Gasteiger charge is -2.09. The summed E-state index contributed by atoms with van der Waals surface area (Å²) in [4.78, 5) is 11.9. The van der Waals surface area contributed by atoms with Gasteiger partial charge in [-0.3, -0.25) is 4.79 Å². The highest BCUT2D eigenvalue weighted by molar-refractivity contribution is 5.90. The molecule has 4 heteroatoms. The van der Waals surface area contributed by atoms with Gasteiger partial charge in [0.1, 0.15) is 5.75 Å². The van der Waals surface area contributed by atoms with Crippen molar-refractivity contribution in [2.24, 2.45) is 11.0 Å². The van der Waals surface area contributed by atoms with E-state index in [1.54, 1.807) is 0 Å². The molecule has 2 aromatic rings. The lowest BCUT2D eigenvalue weighted by Crippen LogP contribution is -2.26. The molecule has 1 saturated carbocycles. The van der Waals surface area contributed by atoms with Crippen LogP contribution < -0.4 is 10.2 Å². The van der Waals surface area contributed by atoms with Gasteiger partial charge in [0.05, 0.1) is 0 Å². The summed E-state index contributed by atoms with van der Waals surface area (Å²) in [6.07, 6.45) is 4.42. The van der Waals surface area contributed by atoms with Crippen LogP contribution in [-0.4, -0.2) is 18.2 Å². The van der Waals surface area contributed by atoms with Gasteiger partial charge < -0.3 is 4.74 Å². The van der Waals surface area contributed by atoms with E-state index >= 15 is 0 Å². The molecule has 23 heavy (non-hydrogen) atoms. The number of amides is 1. The standard InChI is InChI=1S/C19H22N2O2/c1-2-14-8-5-9-18(14)20-21-19(22)13-23-17-11-10-15-6-3-4-7-16(15)12-17/h3-4,6-7,10-12,14H,2,5,8-9,13H2,1H3,(H,21,22). The molecule has 0 saturated heterocycles. The second-order valence-corrected chi connectivity index (χ2v) is 5.93. The summed E-state index contributed by atoms with van der Waals surface area (Å²) < 4.78 is 5.56. The number of carbonyl (C=O) groups excluding carboxylic acids is 1. The molecule has 1 amide bonds. The van der Waals surface area contributed by atoms with Gasteiger partial charge in [-0.1, -0.05) is 37.3 Å². The molecule has 1 N–H and O–H groups in total. The molecule has 4 nitrogen and oxygen atoms in total. The number of hydrogen-bond acceptors (Lipinski definition) is 3. The Bertz CT molecular complexity index is 724. The van der Waals surface area contributed by atoms with Crippen molar-refractivity contribution in [3.63, 3.8) is 0 Å². The zero-order valence-electron chi connectivity index (χ0n) is 13.4. The zero-order chi connectivity index (χ0) is 16.1. The fourth-order valence-corrected chi connectivity index (χ4v) is 3.06. The maximum atomic E-state index is 11.9. The van der Waals surface area contributed by atoms with Gasteiger partial charge in [0.2, 0.25) is 0 Å². The van der Waals surface area contributed by atoms with Crippen LogP contribution in [0.1, 0.15) is 32.6 Å². The Kier molecular flexibility index (Phi) is 4.91. The van der Waals surface area contributed by atoms with Crippen molar-refractivity contribution >= 4 is 22.4 Å². The first kappa shape index (κ1) is 15.5. The summed E-state index contributed by atoms with van der Waals surface area (Å²) in [6, 6.07) is 13.9. The van der Waals surface area contributed by atoms with Crippen LogP contribution in [0.2, 0.25) is 0 Å². The summed E-state index contributed by atoms with van der Waals surface area (Å²) in [7, 11) is 0. The number of rotatable bonds is 5. The second-order valence-electron chi connectivity index (χ2n) is 5.93. The van der Waals surface area contributed by atoms with Gasteiger partial charge >= 0.3 is 0 Å². The maximum Gasteiger partial charge on any atom is 0.277 e. The van der Waals surface area contributed by atoms with Crippen LogP contribution >= 0.6 is 0 Å². The number of fused-ring (bicyclic) bond motifs is 1. The Labute approximate surface area is 136 Å². The van der Waals surface area contributed by atoms with E-state index in [1.165, 1.54) is 12.8 Å². The smallest absolute Gasteiger partial charge is 0.277 e. The topological polar surface area (TPSA) is 50.7 Å². The normalized spacial score (nSPS) is 19.2. The number of nitrogens with zero attached hydrogens (tertiary/aromatic N) is 1. The van der Waals surface area contributed by atoms with E-state index in [0.29, 0.717) is 11.7 Å². The number of benzene rings is 2. The summed E-state index contributed by atoms with van der Waals surface area (Å²) in [5, 5.41) is 6.53. The minimum atomic E-state index is -0.215. The van der Waals surface area contributed by atoms with Gasteiger partial charge in [-0.05, 0) is 54.5 Å². The largest absolute Gasteiger partial charge is 0.484 e. The van der Waals surface area contributed by atoms with Crippen molar-refractivity contribution in [3.05, 3.63) is 42.5 Å². The molecular formula is C19H22N2O2. The molecule has 1 aliphatic rings. The molecule has 1 atom stereocenters. The first-order chi connectivity index (χ1) is 11.3. The van der Waals surface area contributed by atoms with Crippen LogP contribution in [-0.2, 0) is 4.79 Å². The van der Waals surface area contributed by atoms with Gasteiger partial charge in [-0.15, -0.1) is 0 Å². The molecule has 0 heterocycles. The zero-order valence-corrected chi connectivity index (χ0v) is 13.4. The molecule has 0 spiro atoms. The first-order valence-corrected chi connectivity index (χ1v) is 8.23. The first-order valence-electron chi connectivity index (χ1n) is 8.23. The average Bonchev–Trinajstić information content (AvgIpc) is 3.05. The molecule has 0 aliphatic heterocycles. The molecule has 1 unspecified atom stereocenters. The highest BCUT2D eigenvalue weighted by Gasteiger charge is 2.20. The van der Waals surface area contributed by atoms with E-state index in [4.69, 9.17) is 4.74 Å². The van der Waals surface area contributed by atoms with Crippen LogP contribution in [0, 0.1) is 5.92 Å². The highest BCUT2D eigenvalue weighted by atomic mass is 16.5. The number of nitrogens with one attached hydrogen (secondary N) is 1. The van der Waals surface area contributed by atoms with E-state index in [-0.39, 0.29) is 12.5 Å². The van der Waals surface area contributed by atoms with E-state index in [2.05, 4.69) is 17.5 Å². The van der Waals surface area contributed by atoms with E-state index in [1.807, 2.05) is 42.5 Å². The summed E-state index contributed by atoms with van der Waals surface area (Å²) in [5.74, 6) is 1.00. The van der Waals surface area contributed by atoms with Gasteiger partial charge in [0, 0.05) is 5.71 Å². The Morgan fingerprint density at radius 1 is 1.26 bits per heavy atom. The monoisotopic (exact) mass is 310 g/mol. The number of ether oxygens (including phenoxy) is 1. The van der Waals surface area contributed by atoms with Crippen molar-refractivity contribution in [3.8, 4) is 5.75 Å². The van der Waals surface area contributed by atoms with Gasteiger partial charge in [-0.25, -0.2) is 5.43 Å². The number of hydrazone groups is 1. The van der Waals surface area contributed by atoms with Crippen LogP contribution in [0.3, 0.4) is 0 Å². The second kappa shape index (κ2) is 7.27. The Morgan fingerprint density at radius 2 is 2.09 bits per heavy atom. The molecule has 0 radical (unpaired) electrons. The van der Waals surface area contributed by atoms with Gasteiger partial charge in [0.25, 0.3) is 5.91 Å².